The summed E-state index contributed by atoms with van der Waals surface area (Å²) in [5.74, 6) is 8.46. The highest BCUT2D eigenvalue weighted by Crippen LogP contribution is 2.69. The van der Waals surface area contributed by atoms with Gasteiger partial charge in [0, 0.05) is 43.5 Å². The first kappa shape index (κ1) is 44.3. The van der Waals surface area contributed by atoms with Crippen molar-refractivity contribution in [2.45, 2.75) is 167 Å². The minimum absolute atomic E-state index is 0.0643. The largest absolute Gasteiger partial charge is 0.481 e. The number of ketones is 1. The Labute approximate surface area is 371 Å². The average Bonchev–Trinajstić information content (AvgIpc) is 3.73. The molecule has 0 saturated heterocycles. The lowest BCUT2D eigenvalue weighted by atomic mass is 9.43. The summed E-state index contributed by atoms with van der Waals surface area (Å²) in [6.45, 7) is 12.4. The average molecular weight is 850 g/mol. The van der Waals surface area contributed by atoms with Crippen LogP contribution in [-0.2, 0) is 14.3 Å². The van der Waals surface area contributed by atoms with Crippen LogP contribution >= 0.6 is 0 Å². The molecule has 8 nitrogen and oxygen atoms in total. The number of rotatable bonds is 10. The molecule has 0 heterocycles. The summed E-state index contributed by atoms with van der Waals surface area (Å²) in [5, 5.41) is 45.4. The molecular formula is C54H75NO7. The van der Waals surface area contributed by atoms with Gasteiger partial charge in [-0.25, -0.2) is 0 Å². The number of carbonyl (C=O) groups is 2. The lowest BCUT2D eigenvalue weighted by molar-refractivity contribution is -0.209. The third-order valence-corrected chi connectivity index (χ3v) is 20.0. The van der Waals surface area contributed by atoms with Crippen molar-refractivity contribution in [3.8, 4) is 11.8 Å². The van der Waals surface area contributed by atoms with Crippen LogP contribution < -0.4 is 4.90 Å². The quantitative estimate of drug-likeness (QED) is 0.172. The van der Waals surface area contributed by atoms with E-state index in [1.165, 1.54) is 22.3 Å². The number of carboxylic acid groups (broad SMARTS) is 1. The molecule has 8 heteroatoms. The number of benzene rings is 1. The molecular weight excluding hydrogens is 775 g/mol. The number of hydrogen-bond donors (Lipinski definition) is 4. The number of ether oxygens (including phenoxy) is 1. The first-order valence-corrected chi connectivity index (χ1v) is 24.7. The van der Waals surface area contributed by atoms with Crippen molar-refractivity contribution in [1.82, 2.24) is 0 Å². The molecule has 0 aliphatic heterocycles. The van der Waals surface area contributed by atoms with Crippen molar-refractivity contribution >= 4 is 17.4 Å². The molecule has 0 radical (unpaired) electrons. The van der Waals surface area contributed by atoms with Crippen LogP contribution in [0.1, 0.15) is 149 Å². The van der Waals surface area contributed by atoms with Gasteiger partial charge in [0.15, 0.2) is 5.78 Å². The lowest BCUT2D eigenvalue weighted by Crippen LogP contribution is -2.62. The van der Waals surface area contributed by atoms with E-state index in [0.717, 1.165) is 95.7 Å². The van der Waals surface area contributed by atoms with Crippen LogP contribution in [-0.4, -0.2) is 76.3 Å². The summed E-state index contributed by atoms with van der Waals surface area (Å²) in [6.07, 6.45) is 14.6. The number of allylic oxidation sites excluding steroid dienone is 4. The topological polar surface area (TPSA) is 128 Å². The second-order valence-corrected chi connectivity index (χ2v) is 22.6. The normalized spacial score (nSPS) is 43.7. The van der Waals surface area contributed by atoms with E-state index in [4.69, 9.17) is 4.74 Å². The van der Waals surface area contributed by atoms with E-state index < -0.39 is 17.7 Å². The Bertz CT molecular complexity index is 2030. The standard InChI is InChI=1S/C54H75NO7/c1-7-22-54(61)24-21-43-40-15-11-34-27-37(56)14-16-39(34)49(40)41(31-52(43,54)4)33-9-12-36(13-10-33)55(6)25-26-62-38-20-23-51(3)35(28-38)29-46(57)50-44-18-17-42(32(2)8-19-48(59)60)53(44,5)47(58)30-45(50)51/h9-10,12-13,27,32,35,38,40-47,50,57-58,61H,8,11,14-21,23-26,28-31H2,1-6H3,(H,59,60)/t32-,35+,38+,40+,41-,42+,43+,44?,45+,46-,47+,50+,51+,52+,53-,54+/m1/s1. The second kappa shape index (κ2) is 16.5. The zero-order valence-electron chi connectivity index (χ0n) is 38.5. The Balaban J connectivity index is 0.842. The van der Waals surface area contributed by atoms with Gasteiger partial charge in [0.05, 0.1) is 24.9 Å². The zero-order valence-corrected chi connectivity index (χ0v) is 38.5. The number of hydrogen-bond acceptors (Lipinski definition) is 7. The maximum Gasteiger partial charge on any atom is 0.303 e. The number of aliphatic hydroxyl groups excluding tert-OH is 2. The molecule has 0 aromatic heterocycles. The fraction of sp³-hybridized carbons (Fsp3) is 0.741. The number of carboxylic acids is 1. The monoisotopic (exact) mass is 850 g/mol. The third kappa shape index (κ3) is 7.08. The fourth-order valence-electron chi connectivity index (χ4n) is 16.6. The van der Waals surface area contributed by atoms with E-state index in [9.17, 15) is 30.0 Å². The Morgan fingerprint density at radius 1 is 0.952 bits per heavy atom. The van der Waals surface area contributed by atoms with Crippen LogP contribution in [0.15, 0.2) is 47.1 Å². The highest BCUT2D eigenvalue weighted by molar-refractivity contribution is 5.93. The Kier molecular flexibility index (Phi) is 11.8. The van der Waals surface area contributed by atoms with Crippen molar-refractivity contribution in [3.63, 3.8) is 0 Å². The van der Waals surface area contributed by atoms with Crippen molar-refractivity contribution in [1.29, 1.82) is 0 Å². The van der Waals surface area contributed by atoms with Crippen molar-refractivity contribution < 1.29 is 34.8 Å². The van der Waals surface area contributed by atoms with Crippen molar-refractivity contribution in [2.75, 3.05) is 25.1 Å². The number of anilines is 1. The highest BCUT2D eigenvalue weighted by atomic mass is 16.5. The fourth-order valence-corrected chi connectivity index (χ4v) is 16.6. The molecule has 1 unspecified atom stereocenters. The number of nitrogens with zero attached hydrogens (tertiary/aromatic N) is 1. The molecule has 6 fully saturated rings. The molecule has 0 spiro atoms. The lowest BCUT2D eigenvalue weighted by Gasteiger charge is -2.63. The number of aliphatic hydroxyl groups is 3. The SMILES string of the molecule is CC#C[C@]1(O)CC[C@H]2[C@@H]3CCC4=CC(=O)CCC4=C3[C@@H](c3ccc(N(C)CCO[C@H]4CC[C@@]5(C)[C@@H](C4)C[C@@H](O)[C@H]4C6CC[C@@H]([C@H](C)CCC(=O)O)[C@@]6(C)[C@@H](O)C[C@@H]45)cc3)C[C@@]21C. The van der Waals surface area contributed by atoms with E-state index in [1.54, 1.807) is 0 Å². The molecule has 8 aliphatic carbocycles. The van der Waals surface area contributed by atoms with Gasteiger partial charge in [0.25, 0.3) is 0 Å². The summed E-state index contributed by atoms with van der Waals surface area (Å²) < 4.78 is 6.67. The summed E-state index contributed by atoms with van der Waals surface area (Å²) >= 11 is 0. The summed E-state index contributed by atoms with van der Waals surface area (Å²) in [5.41, 5.74) is 5.16. The Morgan fingerprint density at radius 3 is 2.47 bits per heavy atom. The number of fused-ring (bicyclic) bond motifs is 9. The summed E-state index contributed by atoms with van der Waals surface area (Å²) in [7, 11) is 2.14. The molecule has 9 rings (SSSR count). The van der Waals surface area contributed by atoms with Gasteiger partial charge in [-0.1, -0.05) is 51.3 Å². The molecule has 0 bridgehead atoms. The number of aliphatic carboxylic acids is 1. The number of likely N-dealkylation sites (N-methyl/N-ethyl adjacent to an activating group) is 1. The van der Waals surface area contributed by atoms with Crippen LogP contribution in [0.5, 0.6) is 0 Å². The maximum absolute atomic E-state index is 12.5. The molecule has 1 aromatic carbocycles. The van der Waals surface area contributed by atoms with Crippen LogP contribution in [0.3, 0.4) is 0 Å². The van der Waals surface area contributed by atoms with Gasteiger partial charge in [-0.2, -0.15) is 0 Å². The van der Waals surface area contributed by atoms with Gasteiger partial charge < -0.3 is 30.1 Å². The molecule has 8 aliphatic rings. The van der Waals surface area contributed by atoms with E-state index in [2.05, 4.69) is 75.7 Å². The van der Waals surface area contributed by atoms with Gasteiger partial charge in [-0.15, -0.1) is 5.92 Å². The summed E-state index contributed by atoms with van der Waals surface area (Å²) in [4.78, 5) is 26.2. The van der Waals surface area contributed by atoms with Crippen molar-refractivity contribution in [3.05, 3.63) is 52.6 Å². The molecule has 1 aromatic rings. The minimum atomic E-state index is -0.985. The maximum atomic E-state index is 12.5. The van der Waals surface area contributed by atoms with Crippen LogP contribution in [0, 0.1) is 75.4 Å². The molecule has 6 saturated carbocycles. The first-order valence-electron chi connectivity index (χ1n) is 24.7. The van der Waals surface area contributed by atoms with E-state index in [1.807, 2.05) is 13.0 Å². The minimum Gasteiger partial charge on any atom is -0.481 e. The van der Waals surface area contributed by atoms with Crippen LogP contribution in [0.4, 0.5) is 5.69 Å². The molecule has 4 N–H and O–H groups in total. The van der Waals surface area contributed by atoms with E-state index in [0.29, 0.717) is 37.2 Å². The number of carbonyl (C=O) groups excluding carboxylic acids is 1. The van der Waals surface area contributed by atoms with E-state index in [-0.39, 0.29) is 76.2 Å². The smallest absolute Gasteiger partial charge is 0.303 e. The van der Waals surface area contributed by atoms with E-state index >= 15 is 0 Å². The molecule has 0 amide bonds. The van der Waals surface area contributed by atoms with Gasteiger partial charge in [0.2, 0.25) is 0 Å². The second-order valence-electron chi connectivity index (χ2n) is 22.6. The van der Waals surface area contributed by atoms with Gasteiger partial charge >= 0.3 is 5.97 Å². The molecule has 16 atom stereocenters. The Morgan fingerprint density at radius 2 is 1.73 bits per heavy atom. The Hall–Kier alpha value is -2.96. The van der Waals surface area contributed by atoms with Crippen molar-refractivity contribution in [2.24, 2.45) is 63.6 Å². The summed E-state index contributed by atoms with van der Waals surface area (Å²) in [6, 6.07) is 9.10. The van der Waals surface area contributed by atoms with Gasteiger partial charge in [0.1, 0.15) is 5.60 Å². The third-order valence-electron chi connectivity index (χ3n) is 20.0. The molecule has 338 valence electrons. The van der Waals surface area contributed by atoms with Crippen LogP contribution in [0.25, 0.3) is 0 Å². The first-order chi connectivity index (χ1) is 29.5. The predicted molar refractivity (Wildman–Crippen MR) is 242 cm³/mol. The zero-order chi connectivity index (χ0) is 43.9. The predicted octanol–water partition coefficient (Wildman–Crippen LogP) is 9.26. The van der Waals surface area contributed by atoms with Crippen LogP contribution in [0.2, 0.25) is 0 Å². The highest BCUT2D eigenvalue weighted by Gasteiger charge is 2.66. The molecule has 62 heavy (non-hydrogen) atoms. The van der Waals surface area contributed by atoms with Gasteiger partial charge in [-0.05, 0) is 190 Å². The van der Waals surface area contributed by atoms with Gasteiger partial charge in [-0.3, -0.25) is 9.59 Å².